The molecule has 180 valence electrons. The van der Waals surface area contributed by atoms with Crippen molar-refractivity contribution < 1.29 is 13.2 Å². The predicted molar refractivity (Wildman–Crippen MR) is 125 cm³/mol. The van der Waals surface area contributed by atoms with E-state index in [9.17, 15) is 18.0 Å². The van der Waals surface area contributed by atoms with Gasteiger partial charge in [-0.2, -0.15) is 18.2 Å². The molecule has 2 aromatic heterocycles. The zero-order valence-electron chi connectivity index (χ0n) is 18.6. The lowest BCUT2D eigenvalue weighted by molar-refractivity contribution is -0.137. The van der Waals surface area contributed by atoms with E-state index in [0.29, 0.717) is 29.8 Å². The smallest absolute Gasteiger partial charge is 0.367 e. The van der Waals surface area contributed by atoms with E-state index in [-0.39, 0.29) is 29.4 Å². The van der Waals surface area contributed by atoms with Crippen molar-refractivity contribution >= 4 is 28.2 Å². The Morgan fingerprint density at radius 1 is 1.09 bits per heavy atom. The zero-order chi connectivity index (χ0) is 23.9. The van der Waals surface area contributed by atoms with Crippen LogP contribution in [0.4, 0.5) is 30.6 Å². The van der Waals surface area contributed by atoms with Gasteiger partial charge in [-0.25, -0.2) is 4.98 Å². The third-order valence-corrected chi connectivity index (χ3v) is 6.59. The van der Waals surface area contributed by atoms with Crippen LogP contribution in [0.2, 0.25) is 0 Å². The van der Waals surface area contributed by atoms with Crippen LogP contribution in [0.5, 0.6) is 0 Å². The van der Waals surface area contributed by atoms with E-state index >= 15 is 0 Å². The van der Waals surface area contributed by atoms with Crippen molar-refractivity contribution in [3.63, 3.8) is 0 Å². The van der Waals surface area contributed by atoms with Crippen LogP contribution in [0, 0.1) is 5.92 Å². The number of hydrogen-bond acceptors (Lipinski definition) is 6. The van der Waals surface area contributed by atoms with Gasteiger partial charge in [0.05, 0.1) is 0 Å². The summed E-state index contributed by atoms with van der Waals surface area (Å²) in [5.41, 5.74) is 5.56. The summed E-state index contributed by atoms with van der Waals surface area (Å²) >= 11 is 0. The number of alkyl halides is 3. The van der Waals surface area contributed by atoms with Crippen LogP contribution in [0.15, 0.2) is 41.5 Å². The van der Waals surface area contributed by atoms with Gasteiger partial charge in [-0.05, 0) is 74.1 Å². The molecule has 4 N–H and O–H groups in total. The number of halogens is 3. The highest BCUT2D eigenvalue weighted by atomic mass is 19.4. The average Bonchev–Trinajstić information content (AvgIpc) is 3.61. The van der Waals surface area contributed by atoms with Gasteiger partial charge < -0.3 is 20.9 Å². The minimum atomic E-state index is -4.57. The fraction of sp³-hybridized carbons (Fsp3) is 0.458. The van der Waals surface area contributed by atoms with Crippen LogP contribution < -0.4 is 21.9 Å². The van der Waals surface area contributed by atoms with E-state index in [4.69, 9.17) is 5.73 Å². The number of pyridine rings is 1. The van der Waals surface area contributed by atoms with Crippen LogP contribution >= 0.6 is 0 Å². The summed E-state index contributed by atoms with van der Waals surface area (Å²) in [6.45, 7) is 0.733. The summed E-state index contributed by atoms with van der Waals surface area (Å²) in [7, 11) is 0. The molecule has 0 saturated heterocycles. The molecule has 0 radical (unpaired) electrons. The van der Waals surface area contributed by atoms with Crippen LogP contribution in [-0.2, 0) is 12.7 Å². The predicted octanol–water partition coefficient (Wildman–Crippen LogP) is 4.65. The summed E-state index contributed by atoms with van der Waals surface area (Å²) in [5.74, 6) is 0.389. The van der Waals surface area contributed by atoms with Gasteiger partial charge in [0, 0.05) is 42.1 Å². The topological polar surface area (TPSA) is 97.9 Å². The number of anilines is 3. The first kappa shape index (κ1) is 22.6. The Bertz CT molecular complexity index is 1250. The van der Waals surface area contributed by atoms with Crippen molar-refractivity contribution in [1.82, 2.24) is 14.5 Å². The molecule has 2 aliphatic carbocycles. The highest BCUT2D eigenvalue weighted by molar-refractivity contribution is 5.85. The molecule has 2 heterocycles. The fourth-order valence-corrected chi connectivity index (χ4v) is 4.43. The van der Waals surface area contributed by atoms with E-state index in [0.717, 1.165) is 43.8 Å². The Labute approximate surface area is 194 Å². The highest BCUT2D eigenvalue weighted by Crippen LogP contribution is 2.35. The van der Waals surface area contributed by atoms with Crippen molar-refractivity contribution in [2.45, 2.75) is 63.3 Å². The maximum Gasteiger partial charge on any atom is 0.421 e. The first-order chi connectivity index (χ1) is 16.3. The van der Waals surface area contributed by atoms with E-state index in [1.807, 2.05) is 6.07 Å². The number of hydrogen-bond donors (Lipinski definition) is 3. The van der Waals surface area contributed by atoms with E-state index in [1.165, 1.54) is 0 Å². The number of rotatable bonds is 6. The van der Waals surface area contributed by atoms with Crippen molar-refractivity contribution in [2.75, 3.05) is 10.6 Å². The standard InChI is InChI=1S/C24H27F3N6O/c25-24(26,27)20-12-29-23(32-21(20)30-17-5-3-16(28)4-6-17)31-18-7-8-19-15(11-18)9-10-33(22(19)34)13-14-1-2-14/h7-12,14,16-17H,1-6,13,28H2,(H2,29,30,31,32)/t16-,17+. The molecular formula is C24H27F3N6O. The summed E-state index contributed by atoms with van der Waals surface area (Å²) in [6.07, 6.45) is 3.22. The number of fused-ring (bicyclic) bond motifs is 1. The Kier molecular flexibility index (Phi) is 5.93. The normalized spacial score (nSPS) is 20.9. The minimum absolute atomic E-state index is 0.0413. The van der Waals surface area contributed by atoms with Gasteiger partial charge >= 0.3 is 6.18 Å². The van der Waals surface area contributed by atoms with Crippen molar-refractivity contribution in [3.05, 3.63) is 52.6 Å². The molecule has 2 fully saturated rings. The third kappa shape index (κ3) is 5.01. The Morgan fingerprint density at radius 3 is 2.56 bits per heavy atom. The van der Waals surface area contributed by atoms with Crippen LogP contribution in [0.25, 0.3) is 10.8 Å². The third-order valence-electron chi connectivity index (χ3n) is 6.59. The van der Waals surface area contributed by atoms with Crippen LogP contribution in [-0.4, -0.2) is 26.6 Å². The van der Waals surface area contributed by atoms with Gasteiger partial charge in [0.15, 0.2) is 0 Å². The molecule has 0 aliphatic heterocycles. The van der Waals surface area contributed by atoms with Gasteiger partial charge in [0.2, 0.25) is 5.95 Å². The monoisotopic (exact) mass is 472 g/mol. The lowest BCUT2D eigenvalue weighted by Crippen LogP contribution is -2.33. The second-order valence-electron chi connectivity index (χ2n) is 9.35. The van der Waals surface area contributed by atoms with E-state index < -0.39 is 11.7 Å². The van der Waals surface area contributed by atoms with Gasteiger partial charge in [-0.3, -0.25) is 4.79 Å². The quantitative estimate of drug-likeness (QED) is 0.483. The van der Waals surface area contributed by atoms with Crippen molar-refractivity contribution in [1.29, 1.82) is 0 Å². The molecule has 10 heteroatoms. The molecule has 7 nitrogen and oxygen atoms in total. The van der Waals surface area contributed by atoms with E-state index in [1.54, 1.807) is 29.0 Å². The summed E-state index contributed by atoms with van der Waals surface area (Å²) < 4.78 is 42.4. The molecule has 1 aromatic carbocycles. The molecule has 2 aliphatic rings. The van der Waals surface area contributed by atoms with Crippen molar-refractivity contribution in [3.8, 4) is 0 Å². The Morgan fingerprint density at radius 2 is 1.85 bits per heavy atom. The fourth-order valence-electron chi connectivity index (χ4n) is 4.43. The van der Waals surface area contributed by atoms with Gasteiger partial charge in [0.1, 0.15) is 11.4 Å². The number of aromatic nitrogens is 3. The molecule has 0 spiro atoms. The lowest BCUT2D eigenvalue weighted by atomic mass is 9.92. The molecule has 0 amide bonds. The highest BCUT2D eigenvalue weighted by Gasteiger charge is 2.36. The second-order valence-corrected chi connectivity index (χ2v) is 9.35. The summed E-state index contributed by atoms with van der Waals surface area (Å²) in [6, 6.07) is 7.04. The second kappa shape index (κ2) is 8.90. The number of nitrogens with zero attached hydrogens (tertiary/aromatic N) is 3. The molecule has 34 heavy (non-hydrogen) atoms. The number of nitrogens with one attached hydrogen (secondary N) is 2. The Hall–Kier alpha value is -3.14. The molecule has 0 bridgehead atoms. The number of benzene rings is 1. The molecule has 0 unspecified atom stereocenters. The maximum absolute atomic E-state index is 13.6. The first-order valence-electron chi connectivity index (χ1n) is 11.6. The maximum atomic E-state index is 13.6. The summed E-state index contributed by atoms with van der Waals surface area (Å²) in [4.78, 5) is 20.8. The van der Waals surface area contributed by atoms with Gasteiger partial charge in [-0.15, -0.1) is 0 Å². The first-order valence-corrected chi connectivity index (χ1v) is 11.6. The van der Waals surface area contributed by atoms with Gasteiger partial charge in [0.25, 0.3) is 5.56 Å². The van der Waals surface area contributed by atoms with E-state index in [2.05, 4.69) is 20.6 Å². The molecule has 3 aromatic rings. The SMILES string of the molecule is N[C@H]1CC[C@@H](Nc2nc(Nc3ccc4c(=O)n(CC5CC5)ccc4c3)ncc2C(F)(F)F)CC1. The summed E-state index contributed by atoms with van der Waals surface area (Å²) in [5, 5.41) is 7.27. The van der Waals surface area contributed by atoms with Crippen molar-refractivity contribution in [2.24, 2.45) is 11.7 Å². The molecular weight excluding hydrogens is 445 g/mol. The number of nitrogens with two attached hydrogens (primary N) is 1. The van der Waals surface area contributed by atoms with Crippen LogP contribution in [0.1, 0.15) is 44.1 Å². The average molecular weight is 473 g/mol. The zero-order valence-corrected chi connectivity index (χ0v) is 18.6. The molecule has 2 saturated carbocycles. The molecule has 0 atom stereocenters. The lowest BCUT2D eigenvalue weighted by Gasteiger charge is -2.28. The largest absolute Gasteiger partial charge is 0.421 e. The Balaban J connectivity index is 1.39. The minimum Gasteiger partial charge on any atom is -0.367 e. The van der Waals surface area contributed by atoms with Crippen LogP contribution in [0.3, 0.4) is 0 Å². The van der Waals surface area contributed by atoms with Gasteiger partial charge in [-0.1, -0.05) is 0 Å². The molecule has 5 rings (SSSR count).